The summed E-state index contributed by atoms with van der Waals surface area (Å²) in [5.41, 5.74) is 7.24. The van der Waals surface area contributed by atoms with Gasteiger partial charge in [0.25, 0.3) is 5.22 Å². The van der Waals surface area contributed by atoms with Gasteiger partial charge in [-0.2, -0.15) is 0 Å². The number of pyridine rings is 1. The van der Waals surface area contributed by atoms with Crippen molar-refractivity contribution in [2.75, 3.05) is 0 Å². The van der Waals surface area contributed by atoms with Gasteiger partial charge in [-0.3, -0.25) is 0 Å². The average molecular weight is 221 g/mol. The van der Waals surface area contributed by atoms with Crippen LogP contribution in [0.4, 0.5) is 0 Å². The molecule has 0 saturated heterocycles. The molecule has 0 radical (unpaired) electrons. The summed E-state index contributed by atoms with van der Waals surface area (Å²) in [5.74, 6) is 0. The van der Waals surface area contributed by atoms with Crippen LogP contribution < -0.4 is 5.73 Å². The van der Waals surface area contributed by atoms with Crippen molar-refractivity contribution in [3.63, 3.8) is 0 Å². The Labute approximate surface area is 91.9 Å². The molecule has 0 aliphatic rings. The fraction of sp³-hybridized carbons (Fsp3) is 0.200. The summed E-state index contributed by atoms with van der Waals surface area (Å²) in [7, 11) is 0. The van der Waals surface area contributed by atoms with Crippen molar-refractivity contribution in [2.45, 2.75) is 23.7 Å². The van der Waals surface area contributed by atoms with E-state index in [1.54, 1.807) is 6.26 Å². The number of rotatable bonds is 3. The molecule has 4 nitrogen and oxygen atoms in total. The van der Waals surface area contributed by atoms with Crippen molar-refractivity contribution in [3.8, 4) is 0 Å². The molecule has 0 atom stereocenters. The minimum Gasteiger partial charge on any atom is -0.439 e. The van der Waals surface area contributed by atoms with Crippen molar-refractivity contribution in [1.82, 2.24) is 9.97 Å². The molecular formula is C10H11N3OS. The van der Waals surface area contributed by atoms with Crippen LogP contribution in [0, 0.1) is 6.92 Å². The Morgan fingerprint density at radius 3 is 2.93 bits per heavy atom. The Bertz CT molecular complexity index is 455. The van der Waals surface area contributed by atoms with Crippen LogP contribution in [0.2, 0.25) is 0 Å². The van der Waals surface area contributed by atoms with Gasteiger partial charge in [0.1, 0.15) is 11.3 Å². The molecule has 0 aliphatic heterocycles. The second kappa shape index (κ2) is 4.46. The summed E-state index contributed by atoms with van der Waals surface area (Å²) in [4.78, 5) is 8.52. The van der Waals surface area contributed by atoms with E-state index < -0.39 is 0 Å². The molecular weight excluding hydrogens is 210 g/mol. The first-order chi connectivity index (χ1) is 7.28. The maximum atomic E-state index is 5.51. The molecule has 2 rings (SSSR count). The second-order valence-corrected chi connectivity index (χ2v) is 4.00. The molecule has 0 bridgehead atoms. The minimum atomic E-state index is 0.443. The standard InChI is InChI=1S/C10H11N3OS/c1-7-6-14-10(12-7)15-9-4-2-3-8(5-11)13-9/h2-4,6H,5,11H2,1H3. The second-order valence-electron chi connectivity index (χ2n) is 3.03. The van der Waals surface area contributed by atoms with Gasteiger partial charge in [0.2, 0.25) is 0 Å². The molecule has 0 unspecified atom stereocenters. The maximum Gasteiger partial charge on any atom is 0.262 e. The molecule has 2 heterocycles. The van der Waals surface area contributed by atoms with Crippen LogP contribution >= 0.6 is 11.8 Å². The van der Waals surface area contributed by atoms with Crippen molar-refractivity contribution < 1.29 is 4.42 Å². The average Bonchev–Trinajstić information content (AvgIpc) is 2.64. The Morgan fingerprint density at radius 2 is 2.27 bits per heavy atom. The third-order valence-corrected chi connectivity index (χ3v) is 2.58. The Balaban J connectivity index is 2.16. The van der Waals surface area contributed by atoms with Crippen LogP contribution in [-0.2, 0) is 6.54 Å². The maximum absolute atomic E-state index is 5.51. The molecule has 5 heteroatoms. The third-order valence-electron chi connectivity index (χ3n) is 1.78. The van der Waals surface area contributed by atoms with Gasteiger partial charge in [-0.1, -0.05) is 6.07 Å². The number of nitrogens with two attached hydrogens (primary N) is 1. The van der Waals surface area contributed by atoms with Crippen LogP contribution in [0.15, 0.2) is 39.1 Å². The molecule has 0 aromatic carbocycles. The number of aromatic nitrogens is 2. The van der Waals surface area contributed by atoms with Crippen LogP contribution in [0.3, 0.4) is 0 Å². The molecule has 15 heavy (non-hydrogen) atoms. The Hall–Kier alpha value is -1.33. The smallest absolute Gasteiger partial charge is 0.262 e. The number of nitrogens with zero attached hydrogens (tertiary/aromatic N) is 2. The highest BCUT2D eigenvalue weighted by Crippen LogP contribution is 2.24. The van der Waals surface area contributed by atoms with Gasteiger partial charge in [0.05, 0.1) is 11.4 Å². The lowest BCUT2D eigenvalue weighted by molar-refractivity contribution is 0.453. The highest BCUT2D eigenvalue weighted by atomic mass is 32.2. The van der Waals surface area contributed by atoms with Crippen molar-refractivity contribution >= 4 is 11.8 Å². The van der Waals surface area contributed by atoms with Crippen LogP contribution in [0.1, 0.15) is 11.4 Å². The fourth-order valence-corrected chi connectivity index (χ4v) is 1.87. The van der Waals surface area contributed by atoms with Gasteiger partial charge in [0.15, 0.2) is 0 Å². The number of hydrogen-bond acceptors (Lipinski definition) is 5. The van der Waals surface area contributed by atoms with Gasteiger partial charge in [-0.25, -0.2) is 9.97 Å². The first-order valence-corrected chi connectivity index (χ1v) is 5.35. The zero-order valence-electron chi connectivity index (χ0n) is 8.30. The molecule has 0 aliphatic carbocycles. The van der Waals surface area contributed by atoms with Crippen molar-refractivity contribution in [3.05, 3.63) is 35.9 Å². The predicted molar refractivity (Wildman–Crippen MR) is 57.5 cm³/mol. The van der Waals surface area contributed by atoms with E-state index in [4.69, 9.17) is 10.2 Å². The zero-order chi connectivity index (χ0) is 10.7. The summed E-state index contributed by atoms with van der Waals surface area (Å²) in [5, 5.41) is 1.45. The van der Waals surface area contributed by atoms with Gasteiger partial charge in [0, 0.05) is 6.54 Å². The Morgan fingerprint density at radius 1 is 1.40 bits per heavy atom. The topological polar surface area (TPSA) is 64.9 Å². The third kappa shape index (κ3) is 2.57. The van der Waals surface area contributed by atoms with Gasteiger partial charge >= 0.3 is 0 Å². The van der Waals surface area contributed by atoms with Gasteiger partial charge < -0.3 is 10.2 Å². The monoisotopic (exact) mass is 221 g/mol. The lowest BCUT2D eigenvalue weighted by Crippen LogP contribution is -1.99. The minimum absolute atomic E-state index is 0.443. The SMILES string of the molecule is Cc1coc(Sc2cccc(CN)n2)n1. The molecule has 2 aromatic heterocycles. The van der Waals surface area contributed by atoms with Crippen LogP contribution in [0.5, 0.6) is 0 Å². The normalized spacial score (nSPS) is 10.5. The van der Waals surface area contributed by atoms with E-state index in [2.05, 4.69) is 9.97 Å². The quantitative estimate of drug-likeness (QED) is 0.858. The van der Waals surface area contributed by atoms with Crippen LogP contribution in [-0.4, -0.2) is 9.97 Å². The van der Waals surface area contributed by atoms with E-state index in [1.807, 2.05) is 25.1 Å². The van der Waals surface area contributed by atoms with E-state index in [1.165, 1.54) is 11.8 Å². The van der Waals surface area contributed by atoms with E-state index in [0.717, 1.165) is 16.4 Å². The summed E-state index contributed by atoms with van der Waals surface area (Å²) in [6.45, 7) is 2.33. The van der Waals surface area contributed by atoms with Crippen LogP contribution in [0.25, 0.3) is 0 Å². The molecule has 0 amide bonds. The lowest BCUT2D eigenvalue weighted by atomic mass is 10.4. The number of hydrogen-bond donors (Lipinski definition) is 1. The van der Waals surface area contributed by atoms with Gasteiger partial charge in [-0.05, 0) is 30.8 Å². The summed E-state index contributed by atoms with van der Waals surface area (Å²) in [6.07, 6.45) is 1.62. The lowest BCUT2D eigenvalue weighted by Gasteiger charge is -1.98. The molecule has 2 aromatic rings. The van der Waals surface area contributed by atoms with Gasteiger partial charge in [-0.15, -0.1) is 0 Å². The highest BCUT2D eigenvalue weighted by molar-refractivity contribution is 7.99. The van der Waals surface area contributed by atoms with E-state index in [9.17, 15) is 0 Å². The van der Waals surface area contributed by atoms with E-state index in [-0.39, 0.29) is 0 Å². The summed E-state index contributed by atoms with van der Waals surface area (Å²) in [6, 6.07) is 5.72. The van der Waals surface area contributed by atoms with E-state index >= 15 is 0 Å². The van der Waals surface area contributed by atoms with E-state index in [0.29, 0.717) is 11.8 Å². The summed E-state index contributed by atoms with van der Waals surface area (Å²) >= 11 is 1.39. The summed E-state index contributed by atoms with van der Waals surface area (Å²) < 4.78 is 5.22. The molecule has 0 spiro atoms. The number of aryl methyl sites for hydroxylation is 1. The molecule has 0 saturated carbocycles. The largest absolute Gasteiger partial charge is 0.439 e. The molecule has 78 valence electrons. The molecule has 0 fully saturated rings. The first-order valence-electron chi connectivity index (χ1n) is 4.54. The highest BCUT2D eigenvalue weighted by Gasteiger charge is 2.04. The first kappa shape index (κ1) is 10.2. The predicted octanol–water partition coefficient (Wildman–Crippen LogP) is 1.99. The fourth-order valence-electron chi connectivity index (χ4n) is 1.10. The van der Waals surface area contributed by atoms with Crippen molar-refractivity contribution in [1.29, 1.82) is 0 Å². The molecule has 2 N–H and O–H groups in total. The Kier molecular flexibility index (Phi) is 3.03. The number of oxazole rings is 1. The van der Waals surface area contributed by atoms with Crippen molar-refractivity contribution in [2.24, 2.45) is 5.73 Å². The zero-order valence-corrected chi connectivity index (χ0v) is 9.12.